The minimum Gasteiger partial charge on any atom is -0.371 e. The Bertz CT molecular complexity index is 1090. The van der Waals surface area contributed by atoms with Gasteiger partial charge in [-0.15, -0.1) is 0 Å². The van der Waals surface area contributed by atoms with Crippen LogP contribution in [0, 0.1) is 0 Å². The molecule has 7 heteroatoms. The maximum atomic E-state index is 6.93. The molecule has 0 bridgehead atoms. The fourth-order valence-corrected chi connectivity index (χ4v) is 6.76. The fraction of sp³-hybridized carbons (Fsp3) is 0.567. The molecular formula is C30H40Cl2N4O. The zero-order valence-corrected chi connectivity index (χ0v) is 24.0. The van der Waals surface area contributed by atoms with Gasteiger partial charge in [0, 0.05) is 73.5 Å². The molecule has 3 heterocycles. The van der Waals surface area contributed by atoms with E-state index in [0.29, 0.717) is 10.0 Å². The van der Waals surface area contributed by atoms with Crippen LogP contribution in [0.5, 0.6) is 0 Å². The van der Waals surface area contributed by atoms with Crippen LogP contribution >= 0.6 is 23.2 Å². The minimum absolute atomic E-state index is 0.0928. The van der Waals surface area contributed by atoms with Gasteiger partial charge in [-0.1, -0.05) is 42.3 Å². The second-order valence-corrected chi connectivity index (χ2v) is 11.8. The highest BCUT2D eigenvalue weighted by molar-refractivity contribution is 6.34. The number of piperazine rings is 1. The third-order valence-corrected chi connectivity index (χ3v) is 8.75. The van der Waals surface area contributed by atoms with Gasteiger partial charge in [0.2, 0.25) is 0 Å². The molecule has 0 aromatic heterocycles. The average molecular weight is 544 g/mol. The van der Waals surface area contributed by atoms with Crippen LogP contribution in [-0.2, 0) is 4.74 Å². The Morgan fingerprint density at radius 2 is 1.70 bits per heavy atom. The number of likely N-dealkylation sites (N-methyl/N-ethyl adjacent to an activating group) is 1. The molecule has 4 aliphatic rings. The predicted molar refractivity (Wildman–Crippen MR) is 155 cm³/mol. The normalized spacial score (nSPS) is 25.3. The summed E-state index contributed by atoms with van der Waals surface area (Å²) in [5.74, 6) is 0. The zero-order chi connectivity index (χ0) is 26.0. The summed E-state index contributed by atoms with van der Waals surface area (Å²) < 4.78 is 6.93. The van der Waals surface area contributed by atoms with E-state index in [2.05, 4.69) is 53.9 Å². The van der Waals surface area contributed by atoms with Gasteiger partial charge in [-0.05, 0) is 81.0 Å². The van der Waals surface area contributed by atoms with Crippen molar-refractivity contribution in [2.24, 2.45) is 4.99 Å². The number of ether oxygens (including phenoxy) is 1. The standard InChI is InChI=1S/C30H40Cl2N4O/c1-4-26(36-15-13-34(3)14-16-36)20-33-22(2)21-35-11-9-30(10-12-35)28-8-6-5-7-27(28)29(37-30)23-17-24(31)19-25(32)18-23/h7-8,17-20,29H,4-6,9-16,21H2,1-3H3/b26-20+,33-22?. The van der Waals surface area contributed by atoms with E-state index in [9.17, 15) is 0 Å². The van der Waals surface area contributed by atoms with E-state index in [0.717, 1.165) is 83.5 Å². The fourth-order valence-electron chi connectivity index (χ4n) is 6.22. The molecule has 1 spiro atoms. The van der Waals surface area contributed by atoms with Crippen molar-refractivity contribution in [1.29, 1.82) is 0 Å². The number of benzene rings is 1. The highest BCUT2D eigenvalue weighted by Crippen LogP contribution is 2.53. The molecule has 5 nitrogen and oxygen atoms in total. The van der Waals surface area contributed by atoms with E-state index in [1.165, 1.54) is 22.6 Å². The van der Waals surface area contributed by atoms with Gasteiger partial charge in [0.25, 0.3) is 0 Å². The first-order valence-electron chi connectivity index (χ1n) is 13.8. The number of halogens is 2. The molecule has 200 valence electrons. The van der Waals surface area contributed by atoms with Crippen LogP contribution in [0.15, 0.2) is 58.4 Å². The van der Waals surface area contributed by atoms with Gasteiger partial charge in [0.15, 0.2) is 0 Å². The van der Waals surface area contributed by atoms with Gasteiger partial charge >= 0.3 is 0 Å². The topological polar surface area (TPSA) is 31.3 Å². The van der Waals surface area contributed by atoms with Gasteiger partial charge in [-0.3, -0.25) is 9.89 Å². The van der Waals surface area contributed by atoms with Crippen molar-refractivity contribution in [3.05, 3.63) is 69.0 Å². The van der Waals surface area contributed by atoms with Crippen LogP contribution in [-0.4, -0.2) is 78.9 Å². The summed E-state index contributed by atoms with van der Waals surface area (Å²) >= 11 is 12.7. The Hall–Kier alpha value is -1.63. The lowest BCUT2D eigenvalue weighted by molar-refractivity contribution is -0.0581. The molecule has 5 rings (SSSR count). The minimum atomic E-state index is -0.218. The predicted octanol–water partition coefficient (Wildman–Crippen LogP) is 6.51. The van der Waals surface area contributed by atoms with Gasteiger partial charge in [-0.2, -0.15) is 0 Å². The second kappa shape index (κ2) is 11.6. The summed E-state index contributed by atoms with van der Waals surface area (Å²) in [5, 5.41) is 1.32. The molecular weight excluding hydrogens is 503 g/mol. The molecule has 3 aliphatic heterocycles. The SMILES string of the molecule is CC/C(=C\N=C(C)CN1CCC2(CC1)OC(c1cc(Cl)cc(Cl)c1)C1=CCCC=C12)N1CCN(C)CC1. The maximum Gasteiger partial charge on any atom is 0.109 e. The Labute approximate surface area is 232 Å². The summed E-state index contributed by atoms with van der Waals surface area (Å²) in [4.78, 5) is 12.3. The first-order chi connectivity index (χ1) is 17.9. The number of fused-ring (bicyclic) bond motifs is 2. The molecule has 0 saturated carbocycles. The van der Waals surface area contributed by atoms with Crippen LogP contribution in [0.4, 0.5) is 0 Å². The van der Waals surface area contributed by atoms with Crippen LogP contribution in [0.1, 0.15) is 57.6 Å². The van der Waals surface area contributed by atoms with Crippen molar-refractivity contribution in [2.45, 2.75) is 57.7 Å². The Balaban J connectivity index is 1.24. The lowest BCUT2D eigenvalue weighted by Gasteiger charge is -2.40. The summed E-state index contributed by atoms with van der Waals surface area (Å²) in [7, 11) is 2.20. The molecule has 3 fully saturated rings. The number of rotatable bonds is 6. The quantitative estimate of drug-likeness (QED) is 0.383. The van der Waals surface area contributed by atoms with Gasteiger partial charge < -0.3 is 14.5 Å². The van der Waals surface area contributed by atoms with Crippen molar-refractivity contribution in [3.8, 4) is 0 Å². The van der Waals surface area contributed by atoms with Crippen LogP contribution in [0.3, 0.4) is 0 Å². The number of piperidine rings is 1. The lowest BCUT2D eigenvalue weighted by Crippen LogP contribution is -2.46. The molecule has 1 atom stereocenters. The first kappa shape index (κ1) is 27.0. The largest absolute Gasteiger partial charge is 0.371 e. The number of nitrogens with zero attached hydrogens (tertiary/aromatic N) is 4. The molecule has 1 aromatic carbocycles. The monoisotopic (exact) mass is 542 g/mol. The zero-order valence-electron chi connectivity index (χ0n) is 22.5. The highest BCUT2D eigenvalue weighted by atomic mass is 35.5. The molecule has 0 radical (unpaired) electrons. The lowest BCUT2D eigenvalue weighted by atomic mass is 9.79. The summed E-state index contributed by atoms with van der Waals surface area (Å²) in [6.07, 6.45) is 11.9. The van der Waals surface area contributed by atoms with E-state index in [1.807, 2.05) is 12.1 Å². The van der Waals surface area contributed by atoms with Crippen molar-refractivity contribution in [3.63, 3.8) is 0 Å². The smallest absolute Gasteiger partial charge is 0.109 e. The van der Waals surface area contributed by atoms with E-state index in [1.54, 1.807) is 6.07 Å². The van der Waals surface area contributed by atoms with E-state index >= 15 is 0 Å². The van der Waals surface area contributed by atoms with Gasteiger partial charge in [-0.25, -0.2) is 0 Å². The Morgan fingerprint density at radius 1 is 1.03 bits per heavy atom. The molecule has 0 N–H and O–H groups in total. The molecule has 1 aromatic rings. The summed E-state index contributed by atoms with van der Waals surface area (Å²) in [5.41, 5.74) is 6.07. The van der Waals surface area contributed by atoms with Gasteiger partial charge in [0.05, 0.1) is 5.60 Å². The molecule has 1 aliphatic carbocycles. The average Bonchev–Trinajstić information content (AvgIpc) is 3.20. The van der Waals surface area contributed by atoms with Crippen LogP contribution in [0.2, 0.25) is 10.0 Å². The van der Waals surface area contributed by atoms with Crippen LogP contribution in [0.25, 0.3) is 0 Å². The second-order valence-electron chi connectivity index (χ2n) is 11.0. The maximum absolute atomic E-state index is 6.93. The molecule has 37 heavy (non-hydrogen) atoms. The van der Waals surface area contributed by atoms with Crippen molar-refractivity contribution in [2.75, 3.05) is 52.9 Å². The number of allylic oxidation sites excluding steroid dienone is 3. The third kappa shape index (κ3) is 6.02. The number of likely N-dealkylation sites (tertiary alicyclic amines) is 1. The number of hydrogen-bond donors (Lipinski definition) is 0. The Kier molecular flexibility index (Phi) is 8.47. The third-order valence-electron chi connectivity index (χ3n) is 8.32. The summed E-state index contributed by atoms with van der Waals surface area (Å²) in [6.45, 7) is 11.7. The number of aliphatic imine (C=N–C) groups is 1. The van der Waals surface area contributed by atoms with Crippen LogP contribution < -0.4 is 0 Å². The first-order valence-corrected chi connectivity index (χ1v) is 14.6. The van der Waals surface area contributed by atoms with Crippen molar-refractivity contribution >= 4 is 28.9 Å². The molecule has 1 unspecified atom stereocenters. The summed E-state index contributed by atoms with van der Waals surface area (Å²) in [6, 6.07) is 5.79. The molecule has 0 amide bonds. The Morgan fingerprint density at radius 3 is 2.38 bits per heavy atom. The van der Waals surface area contributed by atoms with E-state index < -0.39 is 0 Å². The highest BCUT2D eigenvalue weighted by Gasteiger charge is 2.49. The van der Waals surface area contributed by atoms with Crippen molar-refractivity contribution < 1.29 is 4.74 Å². The van der Waals surface area contributed by atoms with E-state index in [-0.39, 0.29) is 11.7 Å². The molecule has 3 saturated heterocycles. The van der Waals surface area contributed by atoms with E-state index in [4.69, 9.17) is 32.9 Å². The number of hydrogen-bond acceptors (Lipinski definition) is 5. The van der Waals surface area contributed by atoms with Gasteiger partial charge in [0.1, 0.15) is 6.10 Å². The van der Waals surface area contributed by atoms with Crippen molar-refractivity contribution in [1.82, 2.24) is 14.7 Å².